The minimum absolute atomic E-state index is 0.0359. The van der Waals surface area contributed by atoms with E-state index >= 15 is 0 Å². The van der Waals surface area contributed by atoms with Gasteiger partial charge in [0.2, 0.25) is 10.0 Å². The van der Waals surface area contributed by atoms with E-state index in [9.17, 15) is 35.9 Å². The number of hydrogen-bond donors (Lipinski definition) is 2. The van der Waals surface area contributed by atoms with Crippen molar-refractivity contribution >= 4 is 21.7 Å². The van der Waals surface area contributed by atoms with Gasteiger partial charge in [0.1, 0.15) is 5.82 Å². The molecular formula is C27H36F4N2O5S. The second-order valence-corrected chi connectivity index (χ2v) is 12.2. The van der Waals surface area contributed by atoms with Crippen molar-refractivity contribution in [2.45, 2.75) is 75.6 Å². The molecule has 218 valence electrons. The summed E-state index contributed by atoms with van der Waals surface area (Å²) in [6, 6.07) is 8.26. The van der Waals surface area contributed by atoms with Gasteiger partial charge < -0.3 is 15.1 Å². The number of carbonyl (C=O) groups is 1. The number of anilines is 1. The van der Waals surface area contributed by atoms with Crippen LogP contribution in [0.3, 0.4) is 0 Å². The predicted octanol–water partition coefficient (Wildman–Crippen LogP) is 5.32. The van der Waals surface area contributed by atoms with Gasteiger partial charge in [0.15, 0.2) is 0 Å². The molecule has 0 radical (unpaired) electrons. The summed E-state index contributed by atoms with van der Waals surface area (Å²) in [6.45, 7) is 5.33. The normalized spacial score (nSPS) is 13.5. The second kappa shape index (κ2) is 13.1. The largest absolute Gasteiger partial charge is 0.481 e. The third-order valence-electron chi connectivity index (χ3n) is 6.43. The lowest BCUT2D eigenvalue weighted by Crippen LogP contribution is -2.50. The first-order valence-electron chi connectivity index (χ1n) is 12.6. The van der Waals surface area contributed by atoms with Crippen LogP contribution in [0, 0.1) is 5.82 Å². The lowest BCUT2D eigenvalue weighted by Gasteiger charge is -2.42. The van der Waals surface area contributed by atoms with E-state index in [0.717, 1.165) is 29.9 Å². The molecule has 1 atom stereocenters. The number of rotatable bonds is 14. The molecule has 0 bridgehead atoms. The van der Waals surface area contributed by atoms with Gasteiger partial charge in [-0.1, -0.05) is 19.4 Å². The van der Waals surface area contributed by atoms with E-state index in [-0.39, 0.29) is 31.4 Å². The van der Waals surface area contributed by atoms with Gasteiger partial charge in [-0.25, -0.2) is 12.8 Å². The van der Waals surface area contributed by atoms with Gasteiger partial charge in [-0.2, -0.15) is 17.5 Å². The van der Waals surface area contributed by atoms with Gasteiger partial charge in [-0.05, 0) is 75.1 Å². The number of carboxylic acids is 1. The highest BCUT2D eigenvalue weighted by atomic mass is 32.2. The van der Waals surface area contributed by atoms with Crippen molar-refractivity contribution < 1.29 is 41.0 Å². The molecule has 0 saturated carbocycles. The van der Waals surface area contributed by atoms with Crippen LogP contribution in [0.15, 0.2) is 47.4 Å². The first-order chi connectivity index (χ1) is 18.0. The van der Waals surface area contributed by atoms with Crippen molar-refractivity contribution in [2.75, 3.05) is 25.0 Å². The molecular weight excluding hydrogens is 540 g/mol. The molecule has 2 rings (SSSR count). The maximum Gasteiger partial charge on any atom is 0.416 e. The third-order valence-corrected chi connectivity index (χ3v) is 8.23. The Balaban J connectivity index is 2.32. The maximum atomic E-state index is 14.0. The van der Waals surface area contributed by atoms with Gasteiger partial charge in [-0.3, -0.25) is 4.79 Å². The molecule has 0 aromatic heterocycles. The summed E-state index contributed by atoms with van der Waals surface area (Å²) in [5, 5.41) is 19.7. The zero-order valence-electron chi connectivity index (χ0n) is 22.5. The minimum Gasteiger partial charge on any atom is -0.481 e. The summed E-state index contributed by atoms with van der Waals surface area (Å²) >= 11 is 0. The molecule has 0 aliphatic carbocycles. The van der Waals surface area contributed by atoms with Crippen molar-refractivity contribution in [1.82, 2.24) is 4.31 Å². The number of aliphatic hydroxyl groups excluding tert-OH is 1. The van der Waals surface area contributed by atoms with Crippen LogP contribution in [0.1, 0.15) is 57.6 Å². The van der Waals surface area contributed by atoms with Crippen LogP contribution in [-0.2, 0) is 27.4 Å². The molecule has 0 aliphatic heterocycles. The van der Waals surface area contributed by atoms with Crippen molar-refractivity contribution in [3.8, 4) is 0 Å². The van der Waals surface area contributed by atoms with E-state index in [2.05, 4.69) is 0 Å². The number of benzene rings is 2. The molecule has 0 spiro atoms. The average Bonchev–Trinajstić information content (AvgIpc) is 2.81. The van der Waals surface area contributed by atoms with Crippen molar-refractivity contribution in [3.63, 3.8) is 0 Å². The topological polar surface area (TPSA) is 98.2 Å². The van der Waals surface area contributed by atoms with Crippen LogP contribution in [0.25, 0.3) is 0 Å². The number of hydrogen-bond acceptors (Lipinski definition) is 5. The Morgan fingerprint density at radius 3 is 2.31 bits per heavy atom. The van der Waals surface area contributed by atoms with Crippen LogP contribution in [-0.4, -0.2) is 60.7 Å². The summed E-state index contributed by atoms with van der Waals surface area (Å²) in [7, 11) is -3.30. The number of aryl methyl sites for hydroxylation is 1. The Morgan fingerprint density at radius 2 is 1.74 bits per heavy atom. The van der Waals surface area contributed by atoms with Crippen molar-refractivity contribution in [2.24, 2.45) is 0 Å². The molecule has 39 heavy (non-hydrogen) atoms. The summed E-state index contributed by atoms with van der Waals surface area (Å²) in [5.41, 5.74) is -1.15. The lowest BCUT2D eigenvalue weighted by molar-refractivity contribution is -0.138. The number of sulfonamides is 1. The summed E-state index contributed by atoms with van der Waals surface area (Å²) in [5.74, 6) is -1.58. The van der Waals surface area contributed by atoms with Gasteiger partial charge in [0.25, 0.3) is 0 Å². The van der Waals surface area contributed by atoms with E-state index in [1.54, 1.807) is 11.0 Å². The number of aliphatic carboxylic acids is 1. The van der Waals surface area contributed by atoms with E-state index in [4.69, 9.17) is 5.11 Å². The highest BCUT2D eigenvalue weighted by molar-refractivity contribution is 7.89. The molecule has 2 aromatic carbocycles. The fourth-order valence-corrected chi connectivity index (χ4v) is 5.80. The van der Waals surface area contributed by atoms with Crippen LogP contribution < -0.4 is 4.90 Å². The minimum atomic E-state index is -4.82. The van der Waals surface area contributed by atoms with Crippen molar-refractivity contribution in [3.05, 3.63) is 59.4 Å². The van der Waals surface area contributed by atoms with E-state index in [0.29, 0.717) is 18.2 Å². The maximum absolute atomic E-state index is 14.0. The molecule has 0 fully saturated rings. The SMILES string of the molecule is CCCC(C)(C)N(C[C@H](O)CN(C)S(=O)(=O)c1cc(CCCC(=O)O)cc(C(F)(F)F)c1)c1cccc(F)c1. The molecule has 0 unspecified atom stereocenters. The van der Waals surface area contributed by atoms with Gasteiger partial charge in [0.05, 0.1) is 16.6 Å². The molecule has 0 heterocycles. The third kappa shape index (κ3) is 9.18. The Hall–Kier alpha value is -2.70. The molecule has 0 saturated heterocycles. The highest BCUT2D eigenvalue weighted by Gasteiger charge is 2.34. The Morgan fingerprint density at radius 1 is 1.08 bits per heavy atom. The summed E-state index contributed by atoms with van der Waals surface area (Å²) in [4.78, 5) is 12.0. The van der Waals surface area contributed by atoms with Crippen LogP contribution in [0.4, 0.5) is 23.2 Å². The first kappa shape index (κ1) is 32.5. The predicted molar refractivity (Wildman–Crippen MR) is 141 cm³/mol. The number of carboxylic acid groups (broad SMARTS) is 1. The standard InChI is InChI=1S/C27H36F4N2O5S/c1-5-12-26(2,3)33(22-10-7-9-21(28)16-22)18-23(34)17-32(4)39(37,38)24-14-19(8-6-11-25(35)36)13-20(15-24)27(29,30)31/h7,9-10,13-16,23,34H,5-6,8,11-12,17-18H2,1-4H3,(H,35,36)/t23-/m1/s1. The van der Waals surface area contributed by atoms with Crippen LogP contribution in [0.2, 0.25) is 0 Å². The first-order valence-corrected chi connectivity index (χ1v) is 14.0. The second-order valence-electron chi connectivity index (χ2n) is 10.2. The van der Waals surface area contributed by atoms with E-state index in [1.807, 2.05) is 20.8 Å². The summed E-state index contributed by atoms with van der Waals surface area (Å²) in [6.07, 6.45) is -4.88. The van der Waals surface area contributed by atoms with Crippen LogP contribution in [0.5, 0.6) is 0 Å². The molecule has 0 aliphatic rings. The molecule has 2 aromatic rings. The lowest BCUT2D eigenvalue weighted by atomic mass is 9.95. The number of halogens is 4. The Labute approximate surface area is 227 Å². The highest BCUT2D eigenvalue weighted by Crippen LogP contribution is 2.33. The van der Waals surface area contributed by atoms with Gasteiger partial charge in [0, 0.05) is 37.8 Å². The quantitative estimate of drug-likeness (QED) is 0.296. The number of likely N-dealkylation sites (N-methyl/N-ethyl adjacent to an activating group) is 1. The number of nitrogens with zero attached hydrogens (tertiary/aromatic N) is 2. The molecule has 7 nitrogen and oxygen atoms in total. The Bertz CT molecular complexity index is 1230. The molecule has 0 amide bonds. The fraction of sp³-hybridized carbons (Fsp3) is 0.519. The number of aliphatic hydroxyl groups is 1. The van der Waals surface area contributed by atoms with E-state index in [1.165, 1.54) is 18.2 Å². The Kier molecular flexibility index (Phi) is 10.9. The van der Waals surface area contributed by atoms with E-state index < -0.39 is 56.6 Å². The zero-order chi connectivity index (χ0) is 29.6. The van der Waals surface area contributed by atoms with Gasteiger partial charge in [-0.15, -0.1) is 0 Å². The summed E-state index contributed by atoms with van der Waals surface area (Å²) < 4.78 is 81.9. The number of alkyl halides is 3. The zero-order valence-corrected chi connectivity index (χ0v) is 23.3. The van der Waals surface area contributed by atoms with Crippen LogP contribution >= 0.6 is 0 Å². The van der Waals surface area contributed by atoms with Crippen molar-refractivity contribution in [1.29, 1.82) is 0 Å². The monoisotopic (exact) mass is 576 g/mol. The molecule has 12 heteroatoms. The average molecular weight is 577 g/mol. The van der Waals surface area contributed by atoms with Gasteiger partial charge >= 0.3 is 12.1 Å². The fourth-order valence-electron chi connectivity index (χ4n) is 4.50. The molecule has 2 N–H and O–H groups in total. The smallest absolute Gasteiger partial charge is 0.416 e. The number of β-amino-alcohol motifs (C(OH)–C–C–N with tert-alkyl or cyclic N) is 1.